The summed E-state index contributed by atoms with van der Waals surface area (Å²) in [5.74, 6) is 0.924. The molecule has 0 N–H and O–H groups in total. The maximum Gasteiger partial charge on any atom is 0.351 e. The second kappa shape index (κ2) is 6.78. The average molecular weight is 393 g/mol. The van der Waals surface area contributed by atoms with Gasteiger partial charge in [-0.1, -0.05) is 41.1 Å². The van der Waals surface area contributed by atoms with Crippen LogP contribution in [0.4, 0.5) is 0 Å². The molecule has 0 atom stereocenters. The Hall–Kier alpha value is -1.90. The Morgan fingerprint density at radius 3 is 2.76 bits per heavy atom. The van der Waals surface area contributed by atoms with Crippen molar-refractivity contribution in [2.45, 2.75) is 28.3 Å². The molecule has 1 saturated carbocycles. The summed E-state index contributed by atoms with van der Waals surface area (Å²) in [7, 11) is 1.32. The SMILES string of the molecule is COC(=O)c1sc(Sc2nc(C3CC3)n(-c3ccccc3)n2)nc1Cl. The summed E-state index contributed by atoms with van der Waals surface area (Å²) in [5, 5.41) is 5.35. The lowest BCUT2D eigenvalue weighted by Gasteiger charge is -2.03. The third-order valence-corrected chi connectivity index (χ3v) is 6.01. The lowest BCUT2D eigenvalue weighted by Crippen LogP contribution is -2.01. The van der Waals surface area contributed by atoms with Crippen molar-refractivity contribution in [1.82, 2.24) is 19.7 Å². The van der Waals surface area contributed by atoms with E-state index in [2.05, 4.69) is 15.1 Å². The molecule has 0 bridgehead atoms. The highest BCUT2D eigenvalue weighted by Gasteiger charge is 2.31. The molecule has 3 aromatic rings. The van der Waals surface area contributed by atoms with E-state index in [1.807, 2.05) is 35.0 Å². The maximum absolute atomic E-state index is 11.7. The Labute approximate surface area is 157 Å². The van der Waals surface area contributed by atoms with Crippen LogP contribution in [0.1, 0.15) is 34.3 Å². The van der Waals surface area contributed by atoms with Gasteiger partial charge in [0.1, 0.15) is 5.82 Å². The van der Waals surface area contributed by atoms with Crippen LogP contribution in [0.15, 0.2) is 39.8 Å². The van der Waals surface area contributed by atoms with E-state index in [1.54, 1.807) is 0 Å². The zero-order valence-corrected chi connectivity index (χ0v) is 15.6. The van der Waals surface area contributed by atoms with E-state index in [-0.39, 0.29) is 10.0 Å². The van der Waals surface area contributed by atoms with Gasteiger partial charge in [-0.25, -0.2) is 19.4 Å². The van der Waals surface area contributed by atoms with Crippen LogP contribution in [0, 0.1) is 0 Å². The predicted octanol–water partition coefficient (Wildman–Crippen LogP) is 4.19. The molecular weight excluding hydrogens is 380 g/mol. The van der Waals surface area contributed by atoms with E-state index >= 15 is 0 Å². The van der Waals surface area contributed by atoms with Gasteiger partial charge in [-0.15, -0.1) is 5.10 Å². The van der Waals surface area contributed by atoms with E-state index in [0.717, 1.165) is 24.4 Å². The first-order valence-electron chi connectivity index (χ1n) is 7.60. The normalized spacial score (nSPS) is 13.8. The van der Waals surface area contributed by atoms with Gasteiger partial charge in [0.15, 0.2) is 14.4 Å². The van der Waals surface area contributed by atoms with Gasteiger partial charge in [0.05, 0.1) is 12.8 Å². The summed E-state index contributed by atoms with van der Waals surface area (Å²) in [6, 6.07) is 9.93. The molecule has 1 aliphatic carbocycles. The van der Waals surface area contributed by atoms with Crippen LogP contribution >= 0.6 is 34.7 Å². The smallest absolute Gasteiger partial charge is 0.351 e. The van der Waals surface area contributed by atoms with Gasteiger partial charge in [-0.2, -0.15) is 0 Å². The van der Waals surface area contributed by atoms with Crippen molar-refractivity contribution in [1.29, 1.82) is 0 Å². The number of carbonyl (C=O) groups excluding carboxylic acids is 1. The van der Waals surface area contributed by atoms with Crippen LogP contribution in [-0.4, -0.2) is 32.8 Å². The summed E-state index contributed by atoms with van der Waals surface area (Å²) in [6.45, 7) is 0. The number of hydrogen-bond acceptors (Lipinski definition) is 7. The molecule has 2 heterocycles. The van der Waals surface area contributed by atoms with Crippen molar-refractivity contribution in [3.63, 3.8) is 0 Å². The van der Waals surface area contributed by atoms with Gasteiger partial charge < -0.3 is 4.74 Å². The van der Waals surface area contributed by atoms with Crippen LogP contribution in [0.25, 0.3) is 5.69 Å². The minimum absolute atomic E-state index is 0.143. The van der Waals surface area contributed by atoms with E-state index in [9.17, 15) is 4.79 Å². The number of nitrogens with zero attached hydrogens (tertiary/aromatic N) is 4. The fourth-order valence-corrected chi connectivity index (χ4v) is 4.52. The number of thiazole rings is 1. The van der Waals surface area contributed by atoms with Crippen LogP contribution < -0.4 is 0 Å². The lowest BCUT2D eigenvalue weighted by molar-refractivity contribution is 0.0606. The van der Waals surface area contributed by atoms with E-state index in [4.69, 9.17) is 16.3 Å². The first kappa shape index (κ1) is 16.6. The molecule has 9 heteroatoms. The second-order valence-corrected chi connectivity index (χ2v) is 8.04. The quantitative estimate of drug-likeness (QED) is 0.606. The molecule has 0 unspecified atom stereocenters. The molecule has 6 nitrogen and oxygen atoms in total. The maximum atomic E-state index is 11.7. The van der Waals surface area contributed by atoms with Crippen LogP contribution in [0.3, 0.4) is 0 Å². The molecular formula is C16H13ClN4O2S2. The summed E-state index contributed by atoms with van der Waals surface area (Å²) < 4.78 is 7.20. The predicted molar refractivity (Wildman–Crippen MR) is 95.9 cm³/mol. The van der Waals surface area contributed by atoms with Gasteiger partial charge in [0.2, 0.25) is 5.16 Å². The third-order valence-electron chi connectivity index (χ3n) is 3.67. The van der Waals surface area contributed by atoms with Gasteiger partial charge in [-0.3, -0.25) is 0 Å². The number of aromatic nitrogens is 4. The summed E-state index contributed by atoms with van der Waals surface area (Å²) in [4.78, 5) is 20.8. The van der Waals surface area contributed by atoms with E-state index in [0.29, 0.717) is 15.4 Å². The number of rotatable bonds is 5. The summed E-state index contributed by atoms with van der Waals surface area (Å²) in [6.07, 6.45) is 2.26. The highest BCUT2D eigenvalue weighted by atomic mass is 35.5. The Bertz CT molecular complexity index is 922. The summed E-state index contributed by atoms with van der Waals surface area (Å²) >= 11 is 8.49. The molecule has 1 fully saturated rings. The van der Waals surface area contributed by atoms with E-state index < -0.39 is 5.97 Å². The van der Waals surface area contributed by atoms with Crippen molar-refractivity contribution < 1.29 is 9.53 Å². The number of methoxy groups -OCH3 is 1. The standard InChI is InChI=1S/C16H13ClN4O2S2/c1-23-14(22)11-12(17)18-16(24-11)25-15-19-13(9-7-8-9)21(20-15)10-5-3-2-4-6-10/h2-6,9H,7-8H2,1H3. The van der Waals surface area contributed by atoms with Crippen LogP contribution in [-0.2, 0) is 4.74 Å². The number of benzene rings is 1. The molecule has 1 aliphatic rings. The minimum atomic E-state index is -0.490. The van der Waals surface area contributed by atoms with Crippen LogP contribution in [0.5, 0.6) is 0 Å². The molecule has 128 valence electrons. The van der Waals surface area contributed by atoms with Gasteiger partial charge in [0.25, 0.3) is 0 Å². The second-order valence-electron chi connectivity index (χ2n) is 5.47. The Balaban J connectivity index is 1.65. The zero-order chi connectivity index (χ0) is 17.4. The van der Waals surface area contributed by atoms with Gasteiger partial charge in [0, 0.05) is 5.92 Å². The Morgan fingerprint density at radius 2 is 2.08 bits per heavy atom. The molecule has 0 spiro atoms. The molecule has 1 aromatic carbocycles. The highest BCUT2D eigenvalue weighted by molar-refractivity contribution is 8.00. The Kier molecular flexibility index (Phi) is 4.49. The Morgan fingerprint density at radius 1 is 1.32 bits per heavy atom. The van der Waals surface area contributed by atoms with Crippen molar-refractivity contribution in [2.24, 2.45) is 0 Å². The van der Waals surface area contributed by atoms with Crippen molar-refractivity contribution in [3.8, 4) is 5.69 Å². The van der Waals surface area contributed by atoms with Gasteiger partial charge >= 0.3 is 5.97 Å². The number of ether oxygens (including phenoxy) is 1. The number of halogens is 1. The van der Waals surface area contributed by atoms with Crippen molar-refractivity contribution in [3.05, 3.63) is 46.2 Å². The molecule has 25 heavy (non-hydrogen) atoms. The number of para-hydroxylation sites is 1. The third kappa shape index (κ3) is 3.42. The fourth-order valence-electron chi connectivity index (χ4n) is 2.34. The first-order chi connectivity index (χ1) is 12.2. The lowest BCUT2D eigenvalue weighted by atomic mass is 10.3. The zero-order valence-electron chi connectivity index (χ0n) is 13.2. The topological polar surface area (TPSA) is 69.9 Å². The number of esters is 1. The monoisotopic (exact) mass is 392 g/mol. The molecule has 0 radical (unpaired) electrons. The largest absolute Gasteiger partial charge is 0.465 e. The van der Waals surface area contributed by atoms with Crippen LogP contribution in [0.2, 0.25) is 5.15 Å². The van der Waals surface area contributed by atoms with E-state index in [1.165, 1.54) is 30.2 Å². The summed E-state index contributed by atoms with van der Waals surface area (Å²) in [5.41, 5.74) is 0.983. The molecule has 0 aliphatic heterocycles. The number of carbonyl (C=O) groups is 1. The first-order valence-corrected chi connectivity index (χ1v) is 9.61. The minimum Gasteiger partial charge on any atom is -0.465 e. The van der Waals surface area contributed by atoms with Crippen molar-refractivity contribution >= 4 is 40.7 Å². The molecule has 0 amide bonds. The molecule has 0 saturated heterocycles. The average Bonchev–Trinajstić information content (AvgIpc) is 3.30. The number of hydrogen-bond donors (Lipinski definition) is 0. The highest BCUT2D eigenvalue weighted by Crippen LogP contribution is 2.41. The fraction of sp³-hybridized carbons (Fsp3) is 0.250. The molecule has 4 rings (SSSR count). The molecule has 2 aromatic heterocycles. The van der Waals surface area contributed by atoms with Crippen molar-refractivity contribution in [2.75, 3.05) is 7.11 Å². The van der Waals surface area contributed by atoms with Gasteiger partial charge in [-0.05, 0) is 36.7 Å².